The van der Waals surface area contributed by atoms with Crippen LogP contribution in [0.15, 0.2) is 36.5 Å². The first-order chi connectivity index (χ1) is 11.8. The van der Waals surface area contributed by atoms with Crippen LogP contribution in [0.25, 0.3) is 5.69 Å². The van der Waals surface area contributed by atoms with Gasteiger partial charge in [0.1, 0.15) is 5.69 Å². The predicted octanol–water partition coefficient (Wildman–Crippen LogP) is -0.127. The lowest BCUT2D eigenvalue weighted by Crippen LogP contribution is -2.21. The van der Waals surface area contributed by atoms with Crippen molar-refractivity contribution in [2.75, 3.05) is 19.0 Å². The Hall–Kier alpha value is -2.85. The van der Waals surface area contributed by atoms with Gasteiger partial charge in [-0.05, 0) is 22.6 Å². The molecule has 126 valence electrons. The van der Waals surface area contributed by atoms with Crippen LogP contribution in [0.2, 0.25) is 0 Å². The fourth-order valence-corrected chi connectivity index (χ4v) is 2.18. The number of rotatable bonds is 8. The quantitative estimate of drug-likeness (QED) is 0.587. The number of nitrogens with zero attached hydrogens (tertiary/aromatic N) is 7. The van der Waals surface area contributed by atoms with E-state index in [0.29, 0.717) is 24.7 Å². The predicted molar refractivity (Wildman–Crippen MR) is 84.4 cm³/mol. The van der Waals surface area contributed by atoms with Gasteiger partial charge < -0.3 is 15.2 Å². The van der Waals surface area contributed by atoms with Gasteiger partial charge >= 0.3 is 0 Å². The van der Waals surface area contributed by atoms with E-state index in [1.807, 2.05) is 30.3 Å². The molecule has 0 aliphatic rings. The topological polar surface area (TPSA) is 116 Å². The Bertz CT molecular complexity index is 757. The van der Waals surface area contributed by atoms with E-state index >= 15 is 0 Å². The van der Waals surface area contributed by atoms with E-state index in [1.165, 1.54) is 7.11 Å². The van der Waals surface area contributed by atoms with Gasteiger partial charge in [0.05, 0.1) is 37.7 Å². The molecule has 0 bridgehead atoms. The Morgan fingerprint density at radius 1 is 1.21 bits per heavy atom. The molecule has 0 amide bonds. The van der Waals surface area contributed by atoms with Gasteiger partial charge in [0.2, 0.25) is 5.95 Å². The van der Waals surface area contributed by atoms with Gasteiger partial charge in [0, 0.05) is 7.11 Å². The number of tetrazole rings is 1. The number of aromatic nitrogens is 7. The van der Waals surface area contributed by atoms with E-state index in [9.17, 15) is 5.11 Å². The lowest BCUT2D eigenvalue weighted by molar-refractivity contribution is 0.0510. The summed E-state index contributed by atoms with van der Waals surface area (Å²) >= 11 is 0. The third-order valence-corrected chi connectivity index (χ3v) is 3.24. The number of hydrogen-bond acceptors (Lipinski definition) is 8. The second-order valence-corrected chi connectivity index (χ2v) is 5.14. The highest BCUT2D eigenvalue weighted by atomic mass is 16.5. The summed E-state index contributed by atoms with van der Waals surface area (Å²) in [5.74, 6) is 0.509. The number of para-hydroxylation sites is 1. The van der Waals surface area contributed by atoms with Crippen LogP contribution < -0.4 is 5.32 Å². The van der Waals surface area contributed by atoms with E-state index in [2.05, 4.69) is 31.2 Å². The fraction of sp³-hybridized carbons (Fsp3) is 0.357. The van der Waals surface area contributed by atoms with Gasteiger partial charge in [-0.25, -0.2) is 4.68 Å². The van der Waals surface area contributed by atoms with Crippen molar-refractivity contribution in [3.05, 3.63) is 42.2 Å². The molecule has 0 unspecified atom stereocenters. The van der Waals surface area contributed by atoms with E-state index in [4.69, 9.17) is 4.74 Å². The third kappa shape index (κ3) is 3.91. The normalized spacial score (nSPS) is 12.2. The summed E-state index contributed by atoms with van der Waals surface area (Å²) in [5.41, 5.74) is 1.57. The van der Waals surface area contributed by atoms with Crippen LogP contribution in [-0.4, -0.2) is 60.1 Å². The largest absolute Gasteiger partial charge is 0.389 e. The second kappa shape index (κ2) is 7.62. The molecule has 0 aliphatic carbocycles. The van der Waals surface area contributed by atoms with Gasteiger partial charge in [-0.3, -0.25) is 0 Å². The number of hydrogen-bond donors (Lipinski definition) is 2. The molecular formula is C14H18N8O2. The summed E-state index contributed by atoms with van der Waals surface area (Å²) in [6, 6.07) is 9.58. The smallest absolute Gasteiger partial charge is 0.248 e. The number of aliphatic hydroxyl groups is 1. The van der Waals surface area contributed by atoms with Gasteiger partial charge in [0.25, 0.3) is 0 Å². The van der Waals surface area contributed by atoms with Gasteiger partial charge in [-0.2, -0.15) is 4.68 Å². The summed E-state index contributed by atoms with van der Waals surface area (Å²) in [4.78, 5) is 0. The SMILES string of the molecule is COC[C@H](O)Cn1cc(CNc2nnnn2-c2ccccc2)nn1. The van der Waals surface area contributed by atoms with E-state index < -0.39 is 6.10 Å². The number of ether oxygens (including phenoxy) is 1. The molecule has 0 saturated heterocycles. The molecule has 3 aromatic rings. The zero-order valence-corrected chi connectivity index (χ0v) is 13.1. The molecule has 2 heterocycles. The third-order valence-electron chi connectivity index (χ3n) is 3.24. The van der Waals surface area contributed by atoms with Crippen LogP contribution in [0.3, 0.4) is 0 Å². The van der Waals surface area contributed by atoms with Crippen LogP contribution in [0.1, 0.15) is 5.69 Å². The summed E-state index contributed by atoms with van der Waals surface area (Å²) < 4.78 is 8.06. The number of anilines is 1. The average Bonchev–Trinajstić information content (AvgIpc) is 3.23. The molecule has 24 heavy (non-hydrogen) atoms. The van der Waals surface area contributed by atoms with Crippen LogP contribution in [0.4, 0.5) is 5.95 Å². The molecular weight excluding hydrogens is 312 g/mol. The molecule has 10 nitrogen and oxygen atoms in total. The first-order valence-corrected chi connectivity index (χ1v) is 7.40. The van der Waals surface area contributed by atoms with Crippen LogP contribution >= 0.6 is 0 Å². The highest BCUT2D eigenvalue weighted by Gasteiger charge is 2.10. The highest BCUT2D eigenvalue weighted by Crippen LogP contribution is 2.11. The van der Waals surface area contributed by atoms with E-state index in [-0.39, 0.29) is 6.61 Å². The summed E-state index contributed by atoms with van der Waals surface area (Å²) in [6.07, 6.45) is 1.13. The van der Waals surface area contributed by atoms with Crippen molar-refractivity contribution in [1.29, 1.82) is 0 Å². The zero-order valence-electron chi connectivity index (χ0n) is 13.1. The highest BCUT2D eigenvalue weighted by molar-refractivity contribution is 5.38. The maximum atomic E-state index is 9.70. The Kier molecular flexibility index (Phi) is 5.08. The molecule has 0 radical (unpaired) electrons. The lowest BCUT2D eigenvalue weighted by atomic mass is 10.3. The van der Waals surface area contributed by atoms with E-state index in [0.717, 1.165) is 5.69 Å². The molecule has 1 atom stereocenters. The van der Waals surface area contributed by atoms with Gasteiger partial charge in [0.15, 0.2) is 0 Å². The Morgan fingerprint density at radius 3 is 2.83 bits per heavy atom. The van der Waals surface area contributed by atoms with Crippen molar-refractivity contribution >= 4 is 5.95 Å². The first-order valence-electron chi connectivity index (χ1n) is 7.40. The number of aliphatic hydroxyl groups excluding tert-OH is 1. The van der Waals surface area contributed by atoms with Crippen molar-refractivity contribution in [2.24, 2.45) is 0 Å². The number of benzene rings is 1. The Morgan fingerprint density at radius 2 is 2.04 bits per heavy atom. The molecule has 0 fully saturated rings. The van der Waals surface area contributed by atoms with Crippen molar-refractivity contribution in [3.8, 4) is 5.69 Å². The zero-order chi connectivity index (χ0) is 16.8. The molecule has 1 aromatic carbocycles. The van der Waals surface area contributed by atoms with Crippen molar-refractivity contribution in [3.63, 3.8) is 0 Å². The van der Waals surface area contributed by atoms with Crippen LogP contribution in [0, 0.1) is 0 Å². The van der Waals surface area contributed by atoms with Crippen molar-refractivity contribution < 1.29 is 9.84 Å². The van der Waals surface area contributed by atoms with Crippen LogP contribution in [-0.2, 0) is 17.8 Å². The monoisotopic (exact) mass is 330 g/mol. The summed E-state index contributed by atoms with van der Waals surface area (Å²) in [5, 5.41) is 32.5. The van der Waals surface area contributed by atoms with Crippen molar-refractivity contribution in [2.45, 2.75) is 19.2 Å². The molecule has 0 spiro atoms. The number of nitrogens with one attached hydrogen (secondary N) is 1. The molecule has 2 aromatic heterocycles. The molecule has 0 saturated carbocycles. The molecule has 3 rings (SSSR count). The standard InChI is InChI=1S/C14H18N8O2/c1-24-10-13(23)9-21-8-11(16-19-21)7-15-14-17-18-20-22(14)12-5-3-2-4-6-12/h2-6,8,13,23H,7,9-10H2,1H3,(H,15,17,20)/t13-/m1/s1. The second-order valence-electron chi connectivity index (χ2n) is 5.14. The number of methoxy groups -OCH3 is 1. The maximum Gasteiger partial charge on any atom is 0.248 e. The molecule has 10 heteroatoms. The minimum atomic E-state index is -0.622. The minimum absolute atomic E-state index is 0.249. The van der Waals surface area contributed by atoms with E-state index in [1.54, 1.807) is 15.6 Å². The summed E-state index contributed by atoms with van der Waals surface area (Å²) in [7, 11) is 1.54. The van der Waals surface area contributed by atoms with Crippen molar-refractivity contribution in [1.82, 2.24) is 35.2 Å². The summed E-state index contributed by atoms with van der Waals surface area (Å²) in [6.45, 7) is 0.982. The Balaban J connectivity index is 1.61. The lowest BCUT2D eigenvalue weighted by Gasteiger charge is -2.07. The first kappa shape index (κ1) is 16.0. The fourth-order valence-electron chi connectivity index (χ4n) is 2.18. The maximum absolute atomic E-state index is 9.70. The van der Waals surface area contributed by atoms with Gasteiger partial charge in [-0.15, -0.1) is 5.10 Å². The van der Waals surface area contributed by atoms with Gasteiger partial charge in [-0.1, -0.05) is 28.5 Å². The average molecular weight is 330 g/mol. The molecule has 0 aliphatic heterocycles. The minimum Gasteiger partial charge on any atom is -0.389 e. The molecule has 2 N–H and O–H groups in total. The van der Waals surface area contributed by atoms with Crippen LogP contribution in [0.5, 0.6) is 0 Å². The Labute approximate surface area is 138 Å².